The van der Waals surface area contributed by atoms with Gasteiger partial charge in [0, 0.05) is 10.8 Å². The average molecular weight is 244 g/mol. The highest BCUT2D eigenvalue weighted by molar-refractivity contribution is 5.90. The summed E-state index contributed by atoms with van der Waals surface area (Å²) in [6.45, 7) is 2.04. The average Bonchev–Trinajstić information content (AvgIpc) is 2.41. The maximum Gasteiger partial charge on any atom is 0.154 e. The van der Waals surface area contributed by atoms with Crippen molar-refractivity contribution in [3.8, 4) is 5.75 Å². The van der Waals surface area contributed by atoms with E-state index >= 15 is 0 Å². The van der Waals surface area contributed by atoms with Crippen LogP contribution in [-0.2, 0) is 0 Å². The topological polar surface area (TPSA) is 73.1 Å². The summed E-state index contributed by atoms with van der Waals surface area (Å²) >= 11 is 0. The molecule has 2 aromatic rings. The van der Waals surface area contributed by atoms with Gasteiger partial charge in [0.15, 0.2) is 5.82 Å². The Labute approximate surface area is 105 Å². The van der Waals surface area contributed by atoms with Gasteiger partial charge >= 0.3 is 0 Å². The molecule has 1 aromatic heterocycles. The number of hydrogen-bond donors (Lipinski definition) is 2. The minimum atomic E-state index is 0.291. The number of benzene rings is 1. The first-order valence-electron chi connectivity index (χ1n) is 6.21. The summed E-state index contributed by atoms with van der Waals surface area (Å²) in [5.41, 5.74) is 5.82. The van der Waals surface area contributed by atoms with Gasteiger partial charge < -0.3 is 15.8 Å². The van der Waals surface area contributed by atoms with E-state index < -0.39 is 0 Å². The Hall–Kier alpha value is -1.88. The summed E-state index contributed by atoms with van der Waals surface area (Å²) in [7, 11) is 0. The van der Waals surface area contributed by atoms with Gasteiger partial charge in [-0.3, -0.25) is 0 Å². The van der Waals surface area contributed by atoms with Crippen molar-refractivity contribution in [3.05, 3.63) is 24.4 Å². The summed E-state index contributed by atoms with van der Waals surface area (Å²) in [4.78, 5) is 0. The van der Waals surface area contributed by atoms with Gasteiger partial charge in [0.05, 0.1) is 6.20 Å². The third-order valence-corrected chi connectivity index (χ3v) is 3.25. The quantitative estimate of drug-likeness (QED) is 0.834. The summed E-state index contributed by atoms with van der Waals surface area (Å²) in [6, 6.07) is 5.88. The first kappa shape index (κ1) is 11.2. The van der Waals surface area contributed by atoms with Crippen molar-refractivity contribution in [2.45, 2.75) is 18.9 Å². The molecule has 1 aliphatic rings. The van der Waals surface area contributed by atoms with E-state index in [2.05, 4.69) is 15.5 Å². The predicted octanol–water partition coefficient (Wildman–Crippen LogP) is 1.34. The highest BCUT2D eigenvalue weighted by atomic mass is 16.5. The number of rotatable bonds is 2. The van der Waals surface area contributed by atoms with Crippen molar-refractivity contribution in [2.24, 2.45) is 0 Å². The number of ether oxygens (including phenoxy) is 1. The van der Waals surface area contributed by atoms with Gasteiger partial charge in [-0.05, 0) is 44.1 Å². The lowest BCUT2D eigenvalue weighted by molar-refractivity contribution is 0.162. The molecule has 1 aromatic carbocycles. The van der Waals surface area contributed by atoms with E-state index in [1.165, 1.54) is 0 Å². The lowest BCUT2D eigenvalue weighted by Crippen LogP contribution is -2.34. The number of fused-ring (bicyclic) bond motifs is 1. The van der Waals surface area contributed by atoms with Crippen LogP contribution in [0.2, 0.25) is 0 Å². The number of nitrogens with zero attached hydrogens (tertiary/aromatic N) is 2. The number of nitrogens with two attached hydrogens (primary N) is 1. The molecule has 5 nitrogen and oxygen atoms in total. The molecular formula is C13H16N4O. The fourth-order valence-corrected chi connectivity index (χ4v) is 2.26. The number of piperidine rings is 1. The molecule has 1 aliphatic heterocycles. The molecule has 0 atom stereocenters. The first-order valence-corrected chi connectivity index (χ1v) is 6.21. The molecule has 0 radical (unpaired) electrons. The Kier molecular flexibility index (Phi) is 2.98. The minimum absolute atomic E-state index is 0.291. The van der Waals surface area contributed by atoms with Gasteiger partial charge in [0.2, 0.25) is 0 Å². The van der Waals surface area contributed by atoms with Crippen LogP contribution in [-0.4, -0.2) is 29.4 Å². The molecule has 2 heterocycles. The van der Waals surface area contributed by atoms with E-state index in [4.69, 9.17) is 10.5 Å². The summed E-state index contributed by atoms with van der Waals surface area (Å²) in [5, 5.41) is 12.9. The SMILES string of the molecule is Nc1nncc2ccc(OC3CCNCC3)cc12. The number of hydrogen-bond acceptors (Lipinski definition) is 5. The van der Waals surface area contributed by atoms with Gasteiger partial charge in [-0.2, -0.15) is 5.10 Å². The Morgan fingerprint density at radius 1 is 1.28 bits per heavy atom. The van der Waals surface area contributed by atoms with Gasteiger partial charge in [-0.15, -0.1) is 5.10 Å². The lowest BCUT2D eigenvalue weighted by Gasteiger charge is -2.23. The normalized spacial score (nSPS) is 16.9. The molecule has 3 N–H and O–H groups in total. The van der Waals surface area contributed by atoms with Gasteiger partial charge in [0.25, 0.3) is 0 Å². The monoisotopic (exact) mass is 244 g/mol. The van der Waals surface area contributed by atoms with Crippen molar-refractivity contribution >= 4 is 16.6 Å². The molecule has 0 spiro atoms. The highest BCUT2D eigenvalue weighted by Gasteiger charge is 2.14. The zero-order valence-corrected chi connectivity index (χ0v) is 10.1. The molecule has 0 bridgehead atoms. The maximum absolute atomic E-state index is 5.97. The fraction of sp³-hybridized carbons (Fsp3) is 0.385. The third-order valence-electron chi connectivity index (χ3n) is 3.25. The van der Waals surface area contributed by atoms with E-state index in [1.54, 1.807) is 6.20 Å². The van der Waals surface area contributed by atoms with E-state index in [9.17, 15) is 0 Å². The molecular weight excluding hydrogens is 228 g/mol. The second kappa shape index (κ2) is 4.78. The van der Waals surface area contributed by atoms with E-state index in [0.717, 1.165) is 42.5 Å². The molecule has 18 heavy (non-hydrogen) atoms. The van der Waals surface area contributed by atoms with Crippen LogP contribution < -0.4 is 15.8 Å². The van der Waals surface area contributed by atoms with E-state index in [1.807, 2.05) is 18.2 Å². The molecule has 3 rings (SSSR count). The van der Waals surface area contributed by atoms with Gasteiger partial charge in [0.1, 0.15) is 11.9 Å². The number of anilines is 1. The molecule has 0 amide bonds. The fourth-order valence-electron chi connectivity index (χ4n) is 2.26. The van der Waals surface area contributed by atoms with Gasteiger partial charge in [-0.25, -0.2) is 0 Å². The number of aromatic nitrogens is 2. The van der Waals surface area contributed by atoms with Crippen LogP contribution in [0.25, 0.3) is 10.8 Å². The zero-order chi connectivity index (χ0) is 12.4. The Bertz CT molecular complexity index is 552. The summed E-state index contributed by atoms with van der Waals surface area (Å²) in [6.07, 6.45) is 4.09. The second-order valence-electron chi connectivity index (χ2n) is 4.55. The van der Waals surface area contributed by atoms with E-state index in [-0.39, 0.29) is 0 Å². The van der Waals surface area contributed by atoms with E-state index in [0.29, 0.717) is 11.9 Å². The Morgan fingerprint density at radius 2 is 2.11 bits per heavy atom. The minimum Gasteiger partial charge on any atom is -0.490 e. The largest absolute Gasteiger partial charge is 0.490 e. The maximum atomic E-state index is 5.97. The van der Waals surface area contributed by atoms with Crippen LogP contribution in [0, 0.1) is 0 Å². The van der Waals surface area contributed by atoms with Crippen LogP contribution in [0.4, 0.5) is 5.82 Å². The standard InChI is InChI=1S/C13H16N4O/c14-13-12-7-11(2-1-9(12)8-16-17-13)18-10-3-5-15-6-4-10/h1-2,7-8,10,15H,3-6H2,(H2,14,17). The van der Waals surface area contributed by atoms with Crippen LogP contribution >= 0.6 is 0 Å². The number of nitrogens with one attached hydrogen (secondary N) is 1. The highest BCUT2D eigenvalue weighted by Crippen LogP contribution is 2.25. The van der Waals surface area contributed by atoms with Crippen LogP contribution in [0.1, 0.15) is 12.8 Å². The molecule has 1 saturated heterocycles. The molecule has 0 saturated carbocycles. The van der Waals surface area contributed by atoms with Crippen molar-refractivity contribution < 1.29 is 4.74 Å². The zero-order valence-electron chi connectivity index (χ0n) is 10.1. The number of nitrogen functional groups attached to an aromatic ring is 1. The molecule has 94 valence electrons. The predicted molar refractivity (Wildman–Crippen MR) is 70.5 cm³/mol. The summed E-state index contributed by atoms with van der Waals surface area (Å²) in [5.74, 6) is 1.30. The Balaban J connectivity index is 1.86. The lowest BCUT2D eigenvalue weighted by atomic mass is 10.1. The Morgan fingerprint density at radius 3 is 2.94 bits per heavy atom. The van der Waals surface area contributed by atoms with Crippen LogP contribution in [0.15, 0.2) is 24.4 Å². The first-order chi connectivity index (χ1) is 8.83. The van der Waals surface area contributed by atoms with Crippen molar-refractivity contribution in [2.75, 3.05) is 18.8 Å². The van der Waals surface area contributed by atoms with Crippen LogP contribution in [0.3, 0.4) is 0 Å². The summed E-state index contributed by atoms with van der Waals surface area (Å²) < 4.78 is 5.97. The molecule has 0 unspecified atom stereocenters. The second-order valence-corrected chi connectivity index (χ2v) is 4.55. The molecule has 5 heteroatoms. The van der Waals surface area contributed by atoms with Crippen molar-refractivity contribution in [3.63, 3.8) is 0 Å². The van der Waals surface area contributed by atoms with Crippen molar-refractivity contribution in [1.82, 2.24) is 15.5 Å². The third kappa shape index (κ3) is 2.22. The smallest absolute Gasteiger partial charge is 0.154 e. The molecule has 1 fully saturated rings. The van der Waals surface area contributed by atoms with Crippen molar-refractivity contribution in [1.29, 1.82) is 0 Å². The van der Waals surface area contributed by atoms with Crippen LogP contribution in [0.5, 0.6) is 5.75 Å². The molecule has 0 aliphatic carbocycles. The van der Waals surface area contributed by atoms with Gasteiger partial charge in [-0.1, -0.05) is 0 Å².